The zero-order chi connectivity index (χ0) is 12.3. The zero-order valence-electron chi connectivity index (χ0n) is 7.88. The lowest BCUT2D eigenvalue weighted by Crippen LogP contribution is -2.07. The van der Waals surface area contributed by atoms with E-state index < -0.39 is 12.4 Å². The number of pyridine rings is 1. The summed E-state index contributed by atoms with van der Waals surface area (Å²) in [6, 6.07) is 1.46. The molecular weight excluding hydrogens is 352 g/mol. The van der Waals surface area contributed by atoms with Gasteiger partial charge in [0.05, 0.1) is 12.1 Å². The maximum Gasteiger partial charge on any atom is 0.309 e. The standard InChI is InChI=1S/C9H7Br2F2NO2/c10-3-4-1-5(11)6(2-7(15)16)14-8(4)9(12)13/h1,9H,2-3H2,(H,15,16). The first-order valence-electron chi connectivity index (χ1n) is 4.19. The van der Waals surface area contributed by atoms with Crippen molar-refractivity contribution in [1.82, 2.24) is 4.98 Å². The third kappa shape index (κ3) is 3.21. The summed E-state index contributed by atoms with van der Waals surface area (Å²) in [4.78, 5) is 14.2. The summed E-state index contributed by atoms with van der Waals surface area (Å²) < 4.78 is 25.7. The minimum Gasteiger partial charge on any atom is -0.481 e. The van der Waals surface area contributed by atoms with Crippen LogP contribution in [-0.4, -0.2) is 16.1 Å². The maximum atomic E-state index is 12.6. The fourth-order valence-corrected chi connectivity index (χ4v) is 2.10. The van der Waals surface area contributed by atoms with Gasteiger partial charge >= 0.3 is 5.97 Å². The topological polar surface area (TPSA) is 50.2 Å². The number of hydrogen-bond donors (Lipinski definition) is 1. The van der Waals surface area contributed by atoms with Gasteiger partial charge in [-0.1, -0.05) is 15.9 Å². The van der Waals surface area contributed by atoms with E-state index in [2.05, 4.69) is 36.8 Å². The molecule has 0 saturated carbocycles. The third-order valence-electron chi connectivity index (χ3n) is 1.83. The highest BCUT2D eigenvalue weighted by Gasteiger charge is 2.18. The van der Waals surface area contributed by atoms with E-state index in [0.717, 1.165) is 0 Å². The Morgan fingerprint density at radius 2 is 2.19 bits per heavy atom. The molecule has 0 atom stereocenters. The number of aromatic nitrogens is 1. The molecule has 0 saturated heterocycles. The summed E-state index contributed by atoms with van der Waals surface area (Å²) in [7, 11) is 0. The normalized spacial score (nSPS) is 10.8. The van der Waals surface area contributed by atoms with E-state index in [1.54, 1.807) is 0 Å². The molecule has 0 aromatic carbocycles. The van der Waals surface area contributed by atoms with E-state index in [9.17, 15) is 13.6 Å². The number of hydrogen-bond acceptors (Lipinski definition) is 2. The van der Waals surface area contributed by atoms with Gasteiger partial charge in [-0.25, -0.2) is 13.8 Å². The SMILES string of the molecule is O=C(O)Cc1nc(C(F)F)c(CBr)cc1Br. The summed E-state index contributed by atoms with van der Waals surface area (Å²) in [5.74, 6) is -1.11. The van der Waals surface area contributed by atoms with Gasteiger partial charge in [-0.3, -0.25) is 4.79 Å². The summed E-state index contributed by atoms with van der Waals surface area (Å²) in [6.45, 7) is 0. The Bertz CT molecular complexity index is 413. The van der Waals surface area contributed by atoms with Crippen molar-refractivity contribution in [2.75, 3.05) is 0 Å². The van der Waals surface area contributed by atoms with Gasteiger partial charge in [0, 0.05) is 9.80 Å². The smallest absolute Gasteiger partial charge is 0.309 e. The predicted molar refractivity (Wildman–Crippen MR) is 60.9 cm³/mol. The minimum atomic E-state index is -2.71. The Morgan fingerprint density at radius 3 is 2.62 bits per heavy atom. The molecule has 0 unspecified atom stereocenters. The molecule has 16 heavy (non-hydrogen) atoms. The monoisotopic (exact) mass is 357 g/mol. The number of carboxylic acid groups (broad SMARTS) is 1. The van der Waals surface area contributed by atoms with Crippen LogP contribution < -0.4 is 0 Å². The number of rotatable bonds is 4. The Hall–Kier alpha value is -0.560. The van der Waals surface area contributed by atoms with Gasteiger partial charge in [-0.15, -0.1) is 0 Å². The molecule has 88 valence electrons. The fraction of sp³-hybridized carbons (Fsp3) is 0.333. The highest BCUT2D eigenvalue weighted by atomic mass is 79.9. The second-order valence-corrected chi connectivity index (χ2v) is 4.38. The molecule has 0 aliphatic rings. The number of nitrogens with zero attached hydrogens (tertiary/aromatic N) is 1. The molecule has 1 rings (SSSR count). The van der Waals surface area contributed by atoms with Gasteiger partial charge in [0.1, 0.15) is 5.69 Å². The number of alkyl halides is 3. The van der Waals surface area contributed by atoms with Crippen molar-refractivity contribution in [2.45, 2.75) is 18.2 Å². The minimum absolute atomic E-state index is 0.104. The average Bonchev–Trinajstić information content (AvgIpc) is 2.19. The first-order valence-corrected chi connectivity index (χ1v) is 6.11. The van der Waals surface area contributed by atoms with Crippen molar-refractivity contribution in [1.29, 1.82) is 0 Å². The van der Waals surface area contributed by atoms with Crippen LogP contribution in [0.15, 0.2) is 10.5 Å². The van der Waals surface area contributed by atoms with Crippen molar-refractivity contribution in [2.24, 2.45) is 0 Å². The Balaban J connectivity index is 3.21. The van der Waals surface area contributed by atoms with Crippen LogP contribution in [0.3, 0.4) is 0 Å². The zero-order valence-corrected chi connectivity index (χ0v) is 11.1. The molecule has 7 heteroatoms. The number of carbonyl (C=O) groups is 1. The second kappa shape index (κ2) is 5.67. The highest BCUT2D eigenvalue weighted by molar-refractivity contribution is 9.10. The molecule has 1 aromatic rings. The quantitative estimate of drug-likeness (QED) is 0.840. The first kappa shape index (κ1) is 13.5. The molecule has 0 amide bonds. The largest absolute Gasteiger partial charge is 0.481 e. The molecule has 3 nitrogen and oxygen atoms in total. The third-order valence-corrected chi connectivity index (χ3v) is 3.12. The van der Waals surface area contributed by atoms with Gasteiger partial charge in [0.15, 0.2) is 0 Å². The highest BCUT2D eigenvalue weighted by Crippen LogP contribution is 2.27. The number of halogens is 4. The first-order chi connectivity index (χ1) is 7.45. The van der Waals surface area contributed by atoms with Crippen LogP contribution >= 0.6 is 31.9 Å². The average molecular weight is 359 g/mol. The van der Waals surface area contributed by atoms with Crippen LogP contribution in [0.2, 0.25) is 0 Å². The lowest BCUT2D eigenvalue weighted by molar-refractivity contribution is -0.136. The van der Waals surface area contributed by atoms with Crippen molar-refractivity contribution in [3.63, 3.8) is 0 Å². The number of aliphatic carboxylic acids is 1. The van der Waals surface area contributed by atoms with Crippen LogP contribution in [-0.2, 0) is 16.5 Å². The van der Waals surface area contributed by atoms with Gasteiger partial charge in [-0.2, -0.15) is 0 Å². The van der Waals surface area contributed by atoms with Crippen molar-refractivity contribution < 1.29 is 18.7 Å². The van der Waals surface area contributed by atoms with E-state index >= 15 is 0 Å². The van der Waals surface area contributed by atoms with Gasteiger partial charge in [0.25, 0.3) is 6.43 Å². The van der Waals surface area contributed by atoms with Gasteiger partial charge in [-0.05, 0) is 27.6 Å². The van der Waals surface area contributed by atoms with Crippen LogP contribution in [0.25, 0.3) is 0 Å². The molecule has 1 heterocycles. The Labute approximate surface area is 107 Å². The molecule has 0 aliphatic carbocycles. The summed E-state index contributed by atoms with van der Waals surface area (Å²) in [5.41, 5.74) is 0.0693. The Kier molecular flexibility index (Phi) is 4.79. The van der Waals surface area contributed by atoms with Crippen molar-refractivity contribution in [3.8, 4) is 0 Å². The van der Waals surface area contributed by atoms with E-state index in [1.807, 2.05) is 0 Å². The second-order valence-electron chi connectivity index (χ2n) is 2.97. The molecule has 1 aromatic heterocycles. The molecule has 0 fully saturated rings. The summed E-state index contributed by atoms with van der Waals surface area (Å²) in [5, 5.41) is 8.83. The number of carboxylic acids is 1. The summed E-state index contributed by atoms with van der Waals surface area (Å²) >= 11 is 6.18. The molecule has 0 spiro atoms. The van der Waals surface area contributed by atoms with Gasteiger partial charge in [0.2, 0.25) is 0 Å². The fourth-order valence-electron chi connectivity index (χ4n) is 1.14. The van der Waals surface area contributed by atoms with Crippen molar-refractivity contribution >= 4 is 37.8 Å². The predicted octanol–water partition coefficient (Wildman–Crippen LogP) is 3.30. The van der Waals surface area contributed by atoms with Crippen LogP contribution in [0.1, 0.15) is 23.4 Å². The molecule has 0 aliphatic heterocycles. The van der Waals surface area contributed by atoms with E-state index in [1.165, 1.54) is 6.07 Å². The lowest BCUT2D eigenvalue weighted by atomic mass is 10.1. The van der Waals surface area contributed by atoms with Crippen LogP contribution in [0, 0.1) is 0 Å². The van der Waals surface area contributed by atoms with E-state index in [-0.39, 0.29) is 23.1 Å². The van der Waals surface area contributed by atoms with Crippen LogP contribution in [0.4, 0.5) is 8.78 Å². The Morgan fingerprint density at radius 1 is 1.56 bits per heavy atom. The van der Waals surface area contributed by atoms with E-state index in [4.69, 9.17) is 5.11 Å². The lowest BCUT2D eigenvalue weighted by Gasteiger charge is -2.09. The van der Waals surface area contributed by atoms with Crippen molar-refractivity contribution in [3.05, 3.63) is 27.5 Å². The van der Waals surface area contributed by atoms with Crippen LogP contribution in [0.5, 0.6) is 0 Å². The molecule has 0 bridgehead atoms. The summed E-state index contributed by atoms with van der Waals surface area (Å²) in [6.07, 6.45) is -3.10. The molecular formula is C9H7Br2F2NO2. The molecule has 1 N–H and O–H groups in total. The van der Waals surface area contributed by atoms with Gasteiger partial charge < -0.3 is 5.11 Å². The van der Waals surface area contributed by atoms with E-state index in [0.29, 0.717) is 10.0 Å². The maximum absolute atomic E-state index is 12.6. The molecule has 0 radical (unpaired) electrons.